The van der Waals surface area contributed by atoms with E-state index in [4.69, 9.17) is 15.9 Å². The number of nitrogens with one attached hydrogen (secondary N) is 1. The van der Waals surface area contributed by atoms with Crippen molar-refractivity contribution in [3.63, 3.8) is 0 Å². The largest absolute Gasteiger partial charge is 0.384 e. The van der Waals surface area contributed by atoms with Crippen LogP contribution in [0, 0.1) is 11.2 Å². The minimum absolute atomic E-state index is 0.119. The molecule has 1 aromatic rings. The fraction of sp³-hybridized carbons (Fsp3) is 0.462. The summed E-state index contributed by atoms with van der Waals surface area (Å²) in [5.74, 6) is -0.491. The summed E-state index contributed by atoms with van der Waals surface area (Å²) in [4.78, 5) is 0. The Kier molecular flexibility index (Phi) is 3.74. The predicted octanol–water partition coefficient (Wildman–Crippen LogP) is 2.57. The average molecular weight is 236 g/mol. The maximum Gasteiger partial charge on any atom is 0.124 e. The van der Waals surface area contributed by atoms with Gasteiger partial charge in [-0.25, -0.2) is 4.39 Å². The van der Waals surface area contributed by atoms with Crippen LogP contribution in [0.1, 0.15) is 36.8 Å². The van der Waals surface area contributed by atoms with E-state index in [1.54, 1.807) is 6.07 Å². The van der Waals surface area contributed by atoms with Gasteiger partial charge in [0.1, 0.15) is 11.7 Å². The van der Waals surface area contributed by atoms with Gasteiger partial charge >= 0.3 is 0 Å². The highest BCUT2D eigenvalue weighted by molar-refractivity contribution is 5.95. The molecule has 3 N–H and O–H groups in total. The number of hydrogen-bond donors (Lipinski definition) is 2. The van der Waals surface area contributed by atoms with Gasteiger partial charge in [-0.2, -0.15) is 0 Å². The maximum atomic E-state index is 13.3. The van der Waals surface area contributed by atoms with Crippen LogP contribution < -0.4 is 5.73 Å². The second kappa shape index (κ2) is 5.27. The molecular formula is C13H17FN2O. The number of rotatable bonds is 4. The Hall–Kier alpha value is -1.42. The van der Waals surface area contributed by atoms with Gasteiger partial charge in [-0.1, -0.05) is 12.8 Å². The zero-order valence-electron chi connectivity index (χ0n) is 9.71. The first-order valence-electron chi connectivity index (χ1n) is 5.90. The first-order chi connectivity index (χ1) is 8.15. The summed E-state index contributed by atoms with van der Waals surface area (Å²) in [7, 11) is 0. The zero-order chi connectivity index (χ0) is 12.3. The van der Waals surface area contributed by atoms with E-state index in [9.17, 15) is 4.39 Å². The Labute approximate surface area is 100 Å². The van der Waals surface area contributed by atoms with E-state index in [1.165, 1.54) is 25.0 Å². The number of nitrogen functional groups attached to an aromatic ring is 1. The minimum atomic E-state index is -0.372. The van der Waals surface area contributed by atoms with Crippen molar-refractivity contribution in [2.45, 2.75) is 38.4 Å². The van der Waals surface area contributed by atoms with Gasteiger partial charge in [0.15, 0.2) is 0 Å². The number of ether oxygens (including phenoxy) is 1. The van der Waals surface area contributed by atoms with Crippen LogP contribution in [0.25, 0.3) is 0 Å². The van der Waals surface area contributed by atoms with Gasteiger partial charge < -0.3 is 10.5 Å². The van der Waals surface area contributed by atoms with Crippen LogP contribution in [-0.2, 0) is 11.3 Å². The highest BCUT2D eigenvalue weighted by atomic mass is 19.1. The van der Waals surface area contributed by atoms with E-state index >= 15 is 0 Å². The molecule has 1 aromatic carbocycles. The van der Waals surface area contributed by atoms with Crippen molar-refractivity contribution >= 4 is 5.84 Å². The van der Waals surface area contributed by atoms with E-state index in [-0.39, 0.29) is 11.7 Å². The summed E-state index contributed by atoms with van der Waals surface area (Å²) in [6.45, 7) is 0.392. The molecule has 1 aliphatic rings. The van der Waals surface area contributed by atoms with Crippen molar-refractivity contribution in [1.82, 2.24) is 0 Å². The molecule has 0 spiro atoms. The molecule has 17 heavy (non-hydrogen) atoms. The Morgan fingerprint density at radius 3 is 2.71 bits per heavy atom. The normalized spacial score (nSPS) is 16.3. The fourth-order valence-electron chi connectivity index (χ4n) is 2.16. The molecule has 1 aliphatic carbocycles. The van der Waals surface area contributed by atoms with E-state index < -0.39 is 0 Å². The summed E-state index contributed by atoms with van der Waals surface area (Å²) in [5.41, 5.74) is 6.50. The lowest BCUT2D eigenvalue weighted by molar-refractivity contribution is 0.0455. The third-order valence-electron chi connectivity index (χ3n) is 3.06. The second-order valence-electron chi connectivity index (χ2n) is 4.48. The highest BCUT2D eigenvalue weighted by Gasteiger charge is 2.15. The number of benzene rings is 1. The average Bonchev–Trinajstić information content (AvgIpc) is 2.78. The zero-order valence-corrected chi connectivity index (χ0v) is 9.71. The number of amidine groups is 1. The lowest BCUT2D eigenvalue weighted by atomic mass is 10.1. The quantitative estimate of drug-likeness (QED) is 0.623. The molecular weight excluding hydrogens is 219 g/mol. The Balaban J connectivity index is 2.01. The molecule has 0 atom stereocenters. The Bertz CT molecular complexity index is 414. The second-order valence-corrected chi connectivity index (χ2v) is 4.48. The molecule has 0 bridgehead atoms. The Morgan fingerprint density at radius 2 is 2.06 bits per heavy atom. The van der Waals surface area contributed by atoms with Crippen molar-refractivity contribution < 1.29 is 9.13 Å². The lowest BCUT2D eigenvalue weighted by Gasteiger charge is -2.11. The van der Waals surface area contributed by atoms with Gasteiger partial charge in [0.2, 0.25) is 0 Å². The highest BCUT2D eigenvalue weighted by Crippen LogP contribution is 2.22. The van der Waals surface area contributed by atoms with E-state index in [2.05, 4.69) is 0 Å². The molecule has 92 valence electrons. The van der Waals surface area contributed by atoms with Gasteiger partial charge in [-0.05, 0) is 36.6 Å². The third kappa shape index (κ3) is 3.27. The van der Waals surface area contributed by atoms with Crippen LogP contribution in [0.5, 0.6) is 0 Å². The van der Waals surface area contributed by atoms with Crippen LogP contribution in [0.2, 0.25) is 0 Å². The van der Waals surface area contributed by atoms with Crippen LogP contribution in [0.3, 0.4) is 0 Å². The molecule has 1 saturated carbocycles. The molecule has 0 heterocycles. The summed E-state index contributed by atoms with van der Waals surface area (Å²) >= 11 is 0. The minimum Gasteiger partial charge on any atom is -0.384 e. The van der Waals surface area contributed by atoms with Gasteiger partial charge in [-0.3, -0.25) is 5.41 Å². The fourth-order valence-corrected chi connectivity index (χ4v) is 2.16. The van der Waals surface area contributed by atoms with Crippen LogP contribution in [0.4, 0.5) is 4.39 Å². The van der Waals surface area contributed by atoms with Gasteiger partial charge in [-0.15, -0.1) is 0 Å². The smallest absolute Gasteiger partial charge is 0.124 e. The van der Waals surface area contributed by atoms with E-state index in [0.717, 1.165) is 18.4 Å². The van der Waals surface area contributed by atoms with Crippen molar-refractivity contribution in [2.24, 2.45) is 5.73 Å². The topological polar surface area (TPSA) is 59.1 Å². The van der Waals surface area contributed by atoms with Gasteiger partial charge in [0, 0.05) is 5.56 Å². The van der Waals surface area contributed by atoms with Crippen LogP contribution in [-0.4, -0.2) is 11.9 Å². The summed E-state index contributed by atoms with van der Waals surface area (Å²) in [5, 5.41) is 7.30. The molecule has 0 saturated heterocycles. The number of halogens is 1. The van der Waals surface area contributed by atoms with Gasteiger partial charge in [0.05, 0.1) is 12.7 Å². The van der Waals surface area contributed by atoms with Gasteiger partial charge in [0.25, 0.3) is 0 Å². The van der Waals surface area contributed by atoms with Crippen molar-refractivity contribution in [3.05, 3.63) is 35.1 Å². The lowest BCUT2D eigenvalue weighted by Crippen LogP contribution is -2.13. The SMILES string of the molecule is N=C(N)c1cc(F)cc(COC2CCCC2)c1. The molecule has 0 aliphatic heterocycles. The van der Waals surface area contributed by atoms with Crippen molar-refractivity contribution in [2.75, 3.05) is 0 Å². The number of hydrogen-bond acceptors (Lipinski definition) is 2. The van der Waals surface area contributed by atoms with Crippen molar-refractivity contribution in [3.8, 4) is 0 Å². The van der Waals surface area contributed by atoms with Crippen LogP contribution in [0.15, 0.2) is 18.2 Å². The van der Waals surface area contributed by atoms with Crippen LogP contribution >= 0.6 is 0 Å². The summed E-state index contributed by atoms with van der Waals surface area (Å²) < 4.78 is 19.0. The summed E-state index contributed by atoms with van der Waals surface area (Å²) in [6, 6.07) is 4.41. The molecule has 0 amide bonds. The molecule has 0 unspecified atom stereocenters. The maximum absolute atomic E-state index is 13.3. The molecule has 3 nitrogen and oxygen atoms in total. The number of nitrogens with two attached hydrogens (primary N) is 1. The third-order valence-corrected chi connectivity index (χ3v) is 3.06. The molecule has 2 rings (SSSR count). The molecule has 0 aromatic heterocycles. The van der Waals surface area contributed by atoms with E-state index in [1.807, 2.05) is 0 Å². The summed E-state index contributed by atoms with van der Waals surface area (Å²) in [6.07, 6.45) is 4.92. The molecule has 1 fully saturated rings. The molecule has 0 radical (unpaired) electrons. The molecule has 4 heteroatoms. The monoisotopic (exact) mass is 236 g/mol. The van der Waals surface area contributed by atoms with E-state index in [0.29, 0.717) is 18.3 Å². The van der Waals surface area contributed by atoms with Crippen molar-refractivity contribution in [1.29, 1.82) is 5.41 Å². The predicted molar refractivity (Wildman–Crippen MR) is 64.5 cm³/mol. The first kappa shape index (κ1) is 12.0. The Morgan fingerprint density at radius 1 is 1.35 bits per heavy atom. The first-order valence-corrected chi connectivity index (χ1v) is 5.90. The standard InChI is InChI=1S/C13H17FN2O/c14-11-6-9(5-10(7-11)13(15)16)8-17-12-3-1-2-4-12/h5-7,12H,1-4,8H2,(H3,15,16).